The molecule has 0 fully saturated rings. The summed E-state index contributed by atoms with van der Waals surface area (Å²) in [5.41, 5.74) is 2.25. The fourth-order valence-corrected chi connectivity index (χ4v) is 2.44. The molecule has 1 aromatic carbocycles. The Morgan fingerprint density at radius 2 is 1.92 bits per heavy atom. The van der Waals surface area contributed by atoms with E-state index in [2.05, 4.69) is 16.9 Å². The van der Waals surface area contributed by atoms with Crippen LogP contribution in [0, 0.1) is 17.0 Å². The van der Waals surface area contributed by atoms with Crippen LogP contribution in [0.15, 0.2) is 29.1 Å². The molecule has 126 valence electrons. The Balaban J connectivity index is 2.15. The first kappa shape index (κ1) is 17.6. The second-order valence-corrected chi connectivity index (χ2v) is 5.65. The molecular weight excluding hydrogens is 306 g/mol. The predicted octanol–water partition coefficient (Wildman–Crippen LogP) is 3.89. The van der Waals surface area contributed by atoms with E-state index >= 15 is 0 Å². The van der Waals surface area contributed by atoms with Gasteiger partial charge in [-0.3, -0.25) is 14.9 Å². The molecule has 0 spiro atoms. The van der Waals surface area contributed by atoms with Crippen LogP contribution in [0.2, 0.25) is 0 Å². The standard InChI is InChI=1S/C18H21N3O3/c1-3-4-5-6-16-13(2)19-17(20-18(16)22)12-9-14-7-10-15(11-8-14)21(23)24/h7-12H,3-6H2,1-2H3,(H,19,20,22)/b12-9+. The molecule has 0 aliphatic heterocycles. The van der Waals surface area contributed by atoms with Gasteiger partial charge in [-0.1, -0.05) is 25.8 Å². The number of hydrogen-bond acceptors (Lipinski definition) is 4. The Morgan fingerprint density at radius 3 is 2.50 bits per heavy atom. The van der Waals surface area contributed by atoms with Gasteiger partial charge in [0.15, 0.2) is 0 Å². The van der Waals surface area contributed by atoms with E-state index in [1.165, 1.54) is 12.1 Å². The molecule has 0 aliphatic rings. The molecule has 2 rings (SSSR count). The zero-order valence-electron chi connectivity index (χ0n) is 13.9. The van der Waals surface area contributed by atoms with Crippen LogP contribution < -0.4 is 5.56 Å². The lowest BCUT2D eigenvalue weighted by Gasteiger charge is -2.05. The summed E-state index contributed by atoms with van der Waals surface area (Å²) in [7, 11) is 0. The van der Waals surface area contributed by atoms with Crippen molar-refractivity contribution in [2.45, 2.75) is 39.5 Å². The molecule has 0 bridgehead atoms. The minimum atomic E-state index is -0.437. The van der Waals surface area contributed by atoms with Crippen LogP contribution in [0.25, 0.3) is 12.2 Å². The number of unbranched alkanes of at least 4 members (excludes halogenated alkanes) is 2. The fourth-order valence-electron chi connectivity index (χ4n) is 2.44. The minimum absolute atomic E-state index is 0.0472. The second kappa shape index (κ2) is 8.19. The summed E-state index contributed by atoms with van der Waals surface area (Å²) in [4.78, 5) is 29.6. The lowest BCUT2D eigenvalue weighted by molar-refractivity contribution is -0.384. The quantitative estimate of drug-likeness (QED) is 0.474. The third-order valence-electron chi connectivity index (χ3n) is 3.81. The zero-order valence-corrected chi connectivity index (χ0v) is 13.9. The molecule has 0 aliphatic carbocycles. The highest BCUT2D eigenvalue weighted by Crippen LogP contribution is 2.14. The number of nitrogens with zero attached hydrogens (tertiary/aromatic N) is 2. The average Bonchev–Trinajstić information content (AvgIpc) is 2.56. The van der Waals surface area contributed by atoms with Gasteiger partial charge in [-0.05, 0) is 43.5 Å². The van der Waals surface area contributed by atoms with Crippen molar-refractivity contribution in [3.05, 3.63) is 67.4 Å². The summed E-state index contributed by atoms with van der Waals surface area (Å²) >= 11 is 0. The summed E-state index contributed by atoms with van der Waals surface area (Å²) in [5, 5.41) is 10.6. The molecule has 0 saturated heterocycles. The topological polar surface area (TPSA) is 88.9 Å². The molecule has 0 unspecified atom stereocenters. The van der Waals surface area contributed by atoms with Crippen LogP contribution in [0.1, 0.15) is 48.8 Å². The molecule has 0 radical (unpaired) electrons. The predicted molar refractivity (Wildman–Crippen MR) is 94.8 cm³/mol. The molecule has 1 heterocycles. The zero-order chi connectivity index (χ0) is 17.5. The highest BCUT2D eigenvalue weighted by atomic mass is 16.6. The Bertz CT molecular complexity index is 792. The molecule has 0 atom stereocenters. The molecule has 1 N–H and O–H groups in total. The maximum absolute atomic E-state index is 12.2. The van der Waals surface area contributed by atoms with E-state index in [0.717, 1.165) is 42.5 Å². The van der Waals surface area contributed by atoms with Gasteiger partial charge in [0.05, 0.1) is 4.92 Å². The number of aromatic nitrogens is 2. The van der Waals surface area contributed by atoms with Crippen molar-refractivity contribution in [3.8, 4) is 0 Å². The summed E-state index contributed by atoms with van der Waals surface area (Å²) in [5.74, 6) is 0.482. The number of nitrogens with one attached hydrogen (secondary N) is 1. The van der Waals surface area contributed by atoms with Crippen molar-refractivity contribution in [2.24, 2.45) is 0 Å². The molecule has 6 heteroatoms. The third-order valence-corrected chi connectivity index (χ3v) is 3.81. The van der Waals surface area contributed by atoms with Crippen LogP contribution in [0.4, 0.5) is 5.69 Å². The van der Waals surface area contributed by atoms with Gasteiger partial charge in [0, 0.05) is 23.4 Å². The largest absolute Gasteiger partial charge is 0.307 e. The molecule has 24 heavy (non-hydrogen) atoms. The number of non-ortho nitro benzene ring substituents is 1. The average molecular weight is 327 g/mol. The van der Waals surface area contributed by atoms with Gasteiger partial charge in [-0.25, -0.2) is 4.98 Å². The Labute approximate surface area is 140 Å². The smallest absolute Gasteiger partial charge is 0.269 e. The van der Waals surface area contributed by atoms with Gasteiger partial charge in [-0.15, -0.1) is 0 Å². The Hall–Kier alpha value is -2.76. The normalized spacial score (nSPS) is 11.1. The summed E-state index contributed by atoms with van der Waals surface area (Å²) in [6.45, 7) is 3.97. The van der Waals surface area contributed by atoms with Crippen molar-refractivity contribution in [3.63, 3.8) is 0 Å². The third kappa shape index (κ3) is 4.62. The number of aromatic amines is 1. The number of rotatable bonds is 7. The number of aryl methyl sites for hydroxylation is 1. The number of nitro benzene ring substituents is 1. The fraction of sp³-hybridized carbons (Fsp3) is 0.333. The van der Waals surface area contributed by atoms with Crippen molar-refractivity contribution < 1.29 is 4.92 Å². The highest BCUT2D eigenvalue weighted by molar-refractivity contribution is 5.67. The van der Waals surface area contributed by atoms with Crippen molar-refractivity contribution in [1.82, 2.24) is 9.97 Å². The summed E-state index contributed by atoms with van der Waals surface area (Å²) in [6.07, 6.45) is 7.40. The van der Waals surface area contributed by atoms with Crippen molar-refractivity contribution in [2.75, 3.05) is 0 Å². The lowest BCUT2D eigenvalue weighted by Crippen LogP contribution is -2.17. The first-order chi connectivity index (χ1) is 11.5. The van der Waals surface area contributed by atoms with E-state index in [1.807, 2.05) is 6.92 Å². The first-order valence-electron chi connectivity index (χ1n) is 8.03. The molecule has 1 aromatic heterocycles. The van der Waals surface area contributed by atoms with Gasteiger partial charge in [-0.2, -0.15) is 0 Å². The van der Waals surface area contributed by atoms with E-state index < -0.39 is 4.92 Å². The summed E-state index contributed by atoms with van der Waals surface area (Å²) in [6, 6.07) is 6.19. The van der Waals surface area contributed by atoms with E-state index in [0.29, 0.717) is 5.82 Å². The number of hydrogen-bond donors (Lipinski definition) is 1. The molecule has 2 aromatic rings. The Morgan fingerprint density at radius 1 is 1.21 bits per heavy atom. The first-order valence-corrected chi connectivity index (χ1v) is 8.03. The van der Waals surface area contributed by atoms with E-state index in [9.17, 15) is 14.9 Å². The number of nitro groups is 1. The maximum atomic E-state index is 12.2. The number of benzene rings is 1. The SMILES string of the molecule is CCCCCc1c(C)nc(/C=C/c2ccc([N+](=O)[O-])cc2)[nH]c1=O. The van der Waals surface area contributed by atoms with Crippen molar-refractivity contribution >= 4 is 17.8 Å². The summed E-state index contributed by atoms with van der Waals surface area (Å²) < 4.78 is 0. The van der Waals surface area contributed by atoms with Crippen molar-refractivity contribution in [1.29, 1.82) is 0 Å². The maximum Gasteiger partial charge on any atom is 0.269 e. The molecule has 0 saturated carbocycles. The lowest BCUT2D eigenvalue weighted by atomic mass is 10.1. The second-order valence-electron chi connectivity index (χ2n) is 5.65. The highest BCUT2D eigenvalue weighted by Gasteiger charge is 2.07. The monoisotopic (exact) mass is 327 g/mol. The van der Waals surface area contributed by atoms with Crippen LogP contribution >= 0.6 is 0 Å². The van der Waals surface area contributed by atoms with Gasteiger partial charge in [0.1, 0.15) is 5.82 Å². The van der Waals surface area contributed by atoms with Crippen LogP contribution in [-0.4, -0.2) is 14.9 Å². The van der Waals surface area contributed by atoms with E-state index in [4.69, 9.17) is 0 Å². The van der Waals surface area contributed by atoms with Crippen LogP contribution in [0.5, 0.6) is 0 Å². The van der Waals surface area contributed by atoms with Gasteiger partial charge >= 0.3 is 0 Å². The van der Waals surface area contributed by atoms with Gasteiger partial charge < -0.3 is 4.98 Å². The van der Waals surface area contributed by atoms with Gasteiger partial charge in [0.2, 0.25) is 0 Å². The molecule has 6 nitrogen and oxygen atoms in total. The Kier molecular flexibility index (Phi) is 6.01. The van der Waals surface area contributed by atoms with E-state index in [1.54, 1.807) is 24.3 Å². The van der Waals surface area contributed by atoms with Crippen LogP contribution in [-0.2, 0) is 6.42 Å². The molecular formula is C18H21N3O3. The molecule has 0 amide bonds. The number of H-pyrrole nitrogens is 1. The van der Waals surface area contributed by atoms with Crippen LogP contribution in [0.3, 0.4) is 0 Å². The van der Waals surface area contributed by atoms with E-state index in [-0.39, 0.29) is 11.2 Å². The minimum Gasteiger partial charge on any atom is -0.307 e. The van der Waals surface area contributed by atoms with Gasteiger partial charge in [0.25, 0.3) is 11.2 Å².